The Labute approximate surface area is 144 Å². The van der Waals surface area contributed by atoms with Crippen LogP contribution in [0.15, 0.2) is 59.2 Å². The van der Waals surface area contributed by atoms with Gasteiger partial charge in [-0.25, -0.2) is 0 Å². The molecule has 0 bridgehead atoms. The Balaban J connectivity index is 1.61. The van der Waals surface area contributed by atoms with E-state index in [4.69, 9.17) is 20.8 Å². The highest BCUT2D eigenvalue weighted by Gasteiger charge is 2.12. The van der Waals surface area contributed by atoms with Gasteiger partial charge in [-0.15, -0.1) is 0 Å². The molecule has 0 atom stereocenters. The Morgan fingerprint density at radius 2 is 2.08 bits per heavy atom. The van der Waals surface area contributed by atoms with Crippen LogP contribution in [0.1, 0.15) is 22.0 Å². The number of rotatable bonds is 6. The van der Waals surface area contributed by atoms with Crippen LogP contribution in [0.25, 0.3) is 6.08 Å². The summed E-state index contributed by atoms with van der Waals surface area (Å²) < 4.78 is 12.7. The summed E-state index contributed by atoms with van der Waals surface area (Å²) in [6, 6.07) is 13.1. The van der Waals surface area contributed by atoms with Gasteiger partial charge < -0.3 is 9.15 Å². The molecule has 0 N–H and O–H groups in total. The predicted octanol–water partition coefficient (Wildman–Crippen LogP) is 4.14. The summed E-state index contributed by atoms with van der Waals surface area (Å²) in [7, 11) is 1.71. The lowest BCUT2D eigenvalue weighted by atomic mass is 10.2. The minimum absolute atomic E-state index is 0.217. The Morgan fingerprint density at radius 3 is 2.79 bits per heavy atom. The van der Waals surface area contributed by atoms with Crippen molar-refractivity contribution in [3.8, 4) is 5.75 Å². The maximum atomic E-state index is 12.1. The van der Waals surface area contributed by atoms with Crippen molar-refractivity contribution in [2.24, 2.45) is 7.05 Å². The Bertz CT molecular complexity index is 866. The van der Waals surface area contributed by atoms with E-state index < -0.39 is 0 Å². The summed E-state index contributed by atoms with van der Waals surface area (Å²) in [5, 5.41) is 4.35. The fourth-order valence-electron chi connectivity index (χ4n) is 2.10. The molecule has 0 unspecified atom stereocenters. The second-order valence-electron chi connectivity index (χ2n) is 5.10. The zero-order chi connectivity index (χ0) is 16.9. The van der Waals surface area contributed by atoms with Crippen LogP contribution >= 0.6 is 11.6 Å². The molecule has 6 heteroatoms. The summed E-state index contributed by atoms with van der Waals surface area (Å²) >= 11 is 5.95. The van der Waals surface area contributed by atoms with Gasteiger partial charge in [0.2, 0.25) is 5.78 Å². The minimum Gasteiger partial charge on any atom is -0.486 e. The van der Waals surface area contributed by atoms with Crippen LogP contribution in [0.5, 0.6) is 5.75 Å². The summed E-state index contributed by atoms with van der Waals surface area (Å²) in [5.74, 6) is 1.72. The standard InChI is InChI=1S/C18H15ClN2O3/c1-21-11-16(19)18(20-21)17(22)10-9-14-7-8-15(24-14)12-23-13-5-3-2-4-6-13/h2-11H,12H2,1H3/b10-9+. The summed E-state index contributed by atoms with van der Waals surface area (Å²) in [6.07, 6.45) is 4.54. The third kappa shape index (κ3) is 3.94. The molecule has 0 spiro atoms. The molecular weight excluding hydrogens is 328 g/mol. The van der Waals surface area contributed by atoms with E-state index in [1.54, 1.807) is 31.5 Å². The second kappa shape index (κ2) is 7.19. The van der Waals surface area contributed by atoms with Crippen molar-refractivity contribution in [1.29, 1.82) is 0 Å². The molecule has 0 radical (unpaired) electrons. The molecule has 0 aliphatic heterocycles. The minimum atomic E-state index is -0.279. The molecule has 2 aromatic heterocycles. The number of carbonyl (C=O) groups is 1. The van der Waals surface area contributed by atoms with Crippen molar-refractivity contribution < 1.29 is 13.9 Å². The van der Waals surface area contributed by atoms with Crippen molar-refractivity contribution in [2.75, 3.05) is 0 Å². The van der Waals surface area contributed by atoms with Crippen LogP contribution in [0.3, 0.4) is 0 Å². The van der Waals surface area contributed by atoms with Crippen molar-refractivity contribution in [1.82, 2.24) is 9.78 Å². The van der Waals surface area contributed by atoms with Crippen LogP contribution in [0.2, 0.25) is 5.02 Å². The smallest absolute Gasteiger partial charge is 0.207 e. The number of aryl methyl sites for hydroxylation is 1. The third-order valence-electron chi connectivity index (χ3n) is 3.22. The number of carbonyl (C=O) groups excluding carboxylic acids is 1. The average molecular weight is 343 g/mol. The number of aromatic nitrogens is 2. The molecule has 0 aliphatic rings. The SMILES string of the molecule is Cn1cc(Cl)c(C(=O)/C=C/c2ccc(COc3ccccc3)o2)n1. The summed E-state index contributed by atoms with van der Waals surface area (Å²) in [5.41, 5.74) is 0.217. The first-order valence-electron chi connectivity index (χ1n) is 7.30. The van der Waals surface area contributed by atoms with E-state index in [0.717, 1.165) is 5.75 Å². The van der Waals surface area contributed by atoms with E-state index in [-0.39, 0.29) is 11.5 Å². The number of halogens is 1. The highest BCUT2D eigenvalue weighted by molar-refractivity contribution is 6.34. The van der Waals surface area contributed by atoms with Gasteiger partial charge in [0.1, 0.15) is 23.9 Å². The third-order valence-corrected chi connectivity index (χ3v) is 3.50. The van der Waals surface area contributed by atoms with Crippen LogP contribution < -0.4 is 4.74 Å². The normalized spacial score (nSPS) is 11.1. The molecule has 5 nitrogen and oxygen atoms in total. The number of hydrogen-bond acceptors (Lipinski definition) is 4. The quantitative estimate of drug-likeness (QED) is 0.499. The van der Waals surface area contributed by atoms with Crippen LogP contribution in [-0.2, 0) is 13.7 Å². The maximum absolute atomic E-state index is 12.1. The van der Waals surface area contributed by atoms with Crippen LogP contribution in [0, 0.1) is 0 Å². The molecular formula is C18H15ClN2O3. The Kier molecular flexibility index (Phi) is 4.82. The molecule has 3 rings (SSSR count). The average Bonchev–Trinajstić information content (AvgIpc) is 3.17. The largest absolute Gasteiger partial charge is 0.486 e. The monoisotopic (exact) mass is 342 g/mol. The van der Waals surface area contributed by atoms with Gasteiger partial charge in [0, 0.05) is 13.2 Å². The molecule has 1 aromatic carbocycles. The van der Waals surface area contributed by atoms with Gasteiger partial charge in [-0.2, -0.15) is 5.10 Å². The van der Waals surface area contributed by atoms with Crippen molar-refractivity contribution in [3.63, 3.8) is 0 Å². The summed E-state index contributed by atoms with van der Waals surface area (Å²) in [4.78, 5) is 12.1. The molecule has 0 aliphatic carbocycles. The van der Waals surface area contributed by atoms with E-state index in [9.17, 15) is 4.79 Å². The molecule has 2 heterocycles. The van der Waals surface area contributed by atoms with Crippen LogP contribution in [0.4, 0.5) is 0 Å². The van der Waals surface area contributed by atoms with Crippen molar-refractivity contribution in [2.45, 2.75) is 6.61 Å². The molecule has 3 aromatic rings. The number of furan rings is 1. The van der Waals surface area contributed by atoms with Gasteiger partial charge in [0.15, 0.2) is 5.69 Å². The maximum Gasteiger partial charge on any atom is 0.207 e. The Morgan fingerprint density at radius 1 is 1.29 bits per heavy atom. The van der Waals surface area contributed by atoms with Gasteiger partial charge in [0.25, 0.3) is 0 Å². The lowest BCUT2D eigenvalue weighted by Crippen LogP contribution is -1.98. The number of nitrogens with zero attached hydrogens (tertiary/aromatic N) is 2. The first-order chi connectivity index (χ1) is 11.6. The highest BCUT2D eigenvalue weighted by Crippen LogP contribution is 2.17. The molecule has 0 fully saturated rings. The van der Waals surface area contributed by atoms with E-state index >= 15 is 0 Å². The van der Waals surface area contributed by atoms with E-state index in [0.29, 0.717) is 23.2 Å². The first kappa shape index (κ1) is 16.1. The topological polar surface area (TPSA) is 57.3 Å². The molecule has 0 amide bonds. The van der Waals surface area contributed by atoms with E-state index in [1.807, 2.05) is 30.3 Å². The Hall–Kier alpha value is -2.79. The fraction of sp³-hybridized carbons (Fsp3) is 0.111. The summed E-state index contributed by atoms with van der Waals surface area (Å²) in [6.45, 7) is 0.317. The lowest BCUT2D eigenvalue weighted by Gasteiger charge is -2.02. The number of ether oxygens (including phenoxy) is 1. The van der Waals surface area contributed by atoms with Crippen molar-refractivity contribution in [3.05, 3.63) is 77.0 Å². The number of allylic oxidation sites excluding steroid dienone is 1. The predicted molar refractivity (Wildman–Crippen MR) is 91.1 cm³/mol. The fourth-order valence-corrected chi connectivity index (χ4v) is 2.37. The highest BCUT2D eigenvalue weighted by atomic mass is 35.5. The molecule has 122 valence electrons. The number of hydrogen-bond donors (Lipinski definition) is 0. The van der Waals surface area contributed by atoms with Crippen molar-refractivity contribution >= 4 is 23.5 Å². The molecule has 0 saturated heterocycles. The van der Waals surface area contributed by atoms with E-state index in [2.05, 4.69) is 5.10 Å². The second-order valence-corrected chi connectivity index (χ2v) is 5.51. The first-order valence-corrected chi connectivity index (χ1v) is 7.68. The van der Waals surface area contributed by atoms with Gasteiger partial charge in [-0.1, -0.05) is 29.8 Å². The van der Waals surface area contributed by atoms with Crippen LogP contribution in [-0.4, -0.2) is 15.6 Å². The number of ketones is 1. The van der Waals surface area contributed by atoms with Gasteiger partial charge in [-0.3, -0.25) is 9.48 Å². The van der Waals surface area contributed by atoms with Gasteiger partial charge in [-0.05, 0) is 36.4 Å². The lowest BCUT2D eigenvalue weighted by molar-refractivity contribution is 0.104. The number of para-hydroxylation sites is 1. The van der Waals surface area contributed by atoms with Gasteiger partial charge >= 0.3 is 0 Å². The van der Waals surface area contributed by atoms with E-state index in [1.165, 1.54) is 10.8 Å². The number of benzene rings is 1. The molecule has 0 saturated carbocycles. The zero-order valence-corrected chi connectivity index (χ0v) is 13.7. The molecule has 24 heavy (non-hydrogen) atoms. The van der Waals surface area contributed by atoms with Gasteiger partial charge in [0.05, 0.1) is 5.02 Å². The zero-order valence-electron chi connectivity index (χ0n) is 13.0.